The van der Waals surface area contributed by atoms with Gasteiger partial charge in [0.1, 0.15) is 6.04 Å². The van der Waals surface area contributed by atoms with Gasteiger partial charge in [-0.1, -0.05) is 18.2 Å². The van der Waals surface area contributed by atoms with Gasteiger partial charge in [-0.3, -0.25) is 4.79 Å². The van der Waals surface area contributed by atoms with Crippen molar-refractivity contribution in [3.8, 4) is 0 Å². The van der Waals surface area contributed by atoms with Crippen LogP contribution < -0.4 is 5.32 Å². The van der Waals surface area contributed by atoms with Crippen molar-refractivity contribution in [2.45, 2.75) is 12.5 Å². The van der Waals surface area contributed by atoms with Crippen molar-refractivity contribution in [3.05, 3.63) is 36.0 Å². The minimum absolute atomic E-state index is 0. The summed E-state index contributed by atoms with van der Waals surface area (Å²) in [4.78, 5) is 14.7. The molecule has 0 spiro atoms. The minimum Gasteiger partial charge on any atom is -0.468 e. The summed E-state index contributed by atoms with van der Waals surface area (Å²) in [5, 5.41) is 4.12. The number of aromatic nitrogens is 1. The van der Waals surface area contributed by atoms with Crippen LogP contribution in [0.3, 0.4) is 0 Å². The summed E-state index contributed by atoms with van der Waals surface area (Å²) < 4.78 is 4.75. The fourth-order valence-electron chi connectivity index (χ4n) is 1.97. The molecule has 1 atom stereocenters. The largest absolute Gasteiger partial charge is 0.468 e. The van der Waals surface area contributed by atoms with E-state index in [1.54, 1.807) is 7.05 Å². The number of ether oxygens (including phenoxy) is 1. The molecular weight excluding hydrogens is 252 g/mol. The monoisotopic (exact) mass is 268 g/mol. The third-order valence-corrected chi connectivity index (χ3v) is 2.93. The van der Waals surface area contributed by atoms with Crippen LogP contribution in [0, 0.1) is 0 Å². The van der Waals surface area contributed by atoms with Crippen LogP contribution in [0.1, 0.15) is 5.56 Å². The third-order valence-electron chi connectivity index (χ3n) is 2.93. The molecule has 18 heavy (non-hydrogen) atoms. The van der Waals surface area contributed by atoms with Gasteiger partial charge >= 0.3 is 5.97 Å². The van der Waals surface area contributed by atoms with Gasteiger partial charge in [0.25, 0.3) is 0 Å². The number of carbonyl (C=O) groups excluding carboxylic acids is 1. The molecule has 0 amide bonds. The van der Waals surface area contributed by atoms with Gasteiger partial charge in [-0.05, 0) is 18.7 Å². The van der Waals surface area contributed by atoms with Crippen LogP contribution in [0.5, 0.6) is 0 Å². The van der Waals surface area contributed by atoms with Gasteiger partial charge in [0.05, 0.1) is 7.11 Å². The predicted molar refractivity (Wildman–Crippen MR) is 74.1 cm³/mol. The number of halogens is 1. The lowest BCUT2D eigenvalue weighted by Gasteiger charge is -2.12. The van der Waals surface area contributed by atoms with Crippen molar-refractivity contribution in [1.29, 1.82) is 0 Å². The van der Waals surface area contributed by atoms with Gasteiger partial charge in [-0.15, -0.1) is 12.4 Å². The fraction of sp³-hybridized carbons (Fsp3) is 0.308. The van der Waals surface area contributed by atoms with Gasteiger partial charge in [0, 0.05) is 23.5 Å². The minimum atomic E-state index is -0.306. The molecule has 0 saturated carbocycles. The Labute approximate surface area is 112 Å². The van der Waals surface area contributed by atoms with E-state index in [0.29, 0.717) is 6.42 Å². The van der Waals surface area contributed by atoms with E-state index in [-0.39, 0.29) is 24.4 Å². The second kappa shape index (κ2) is 6.42. The van der Waals surface area contributed by atoms with Crippen molar-refractivity contribution in [2.75, 3.05) is 14.2 Å². The molecule has 0 fully saturated rings. The molecule has 1 heterocycles. The van der Waals surface area contributed by atoms with Crippen LogP contribution in [-0.2, 0) is 16.0 Å². The number of esters is 1. The smallest absolute Gasteiger partial charge is 0.323 e. The van der Waals surface area contributed by atoms with Crippen LogP contribution in [0.2, 0.25) is 0 Å². The van der Waals surface area contributed by atoms with Crippen molar-refractivity contribution in [2.24, 2.45) is 0 Å². The number of para-hydroxylation sites is 1. The highest BCUT2D eigenvalue weighted by atomic mass is 35.5. The first-order valence-corrected chi connectivity index (χ1v) is 5.56. The second-order valence-corrected chi connectivity index (χ2v) is 3.93. The average molecular weight is 269 g/mol. The highest BCUT2D eigenvalue weighted by Gasteiger charge is 2.18. The van der Waals surface area contributed by atoms with E-state index < -0.39 is 0 Å². The number of aromatic amines is 1. The molecule has 0 aliphatic heterocycles. The fourth-order valence-corrected chi connectivity index (χ4v) is 1.97. The summed E-state index contributed by atoms with van der Waals surface area (Å²) in [7, 11) is 3.17. The second-order valence-electron chi connectivity index (χ2n) is 3.93. The lowest BCUT2D eigenvalue weighted by atomic mass is 10.1. The summed E-state index contributed by atoms with van der Waals surface area (Å²) in [5.41, 5.74) is 2.20. The summed E-state index contributed by atoms with van der Waals surface area (Å²) in [6, 6.07) is 7.74. The Morgan fingerprint density at radius 1 is 1.44 bits per heavy atom. The number of nitrogens with one attached hydrogen (secondary N) is 2. The van der Waals surface area contributed by atoms with Crippen molar-refractivity contribution < 1.29 is 9.53 Å². The molecule has 0 aliphatic carbocycles. The quantitative estimate of drug-likeness (QED) is 0.833. The molecule has 2 rings (SSSR count). The highest BCUT2D eigenvalue weighted by molar-refractivity contribution is 5.85. The van der Waals surface area contributed by atoms with Gasteiger partial charge < -0.3 is 15.0 Å². The van der Waals surface area contributed by atoms with E-state index in [4.69, 9.17) is 4.74 Å². The van der Waals surface area contributed by atoms with Crippen LogP contribution in [0.15, 0.2) is 30.5 Å². The predicted octanol–water partition coefficient (Wildman–Crippen LogP) is 1.89. The number of rotatable bonds is 4. The molecule has 1 aromatic carbocycles. The first kappa shape index (κ1) is 14.5. The Morgan fingerprint density at radius 2 is 2.17 bits per heavy atom. The molecule has 0 aliphatic rings. The number of H-pyrrole nitrogens is 1. The normalized spacial score (nSPS) is 11.9. The topological polar surface area (TPSA) is 54.1 Å². The van der Waals surface area contributed by atoms with Crippen LogP contribution in [-0.4, -0.2) is 31.2 Å². The number of benzene rings is 1. The zero-order valence-corrected chi connectivity index (χ0v) is 11.2. The molecule has 0 bridgehead atoms. The Hall–Kier alpha value is -1.52. The van der Waals surface area contributed by atoms with E-state index in [9.17, 15) is 4.79 Å². The maximum atomic E-state index is 11.5. The summed E-state index contributed by atoms with van der Waals surface area (Å²) >= 11 is 0. The molecule has 98 valence electrons. The molecule has 5 heteroatoms. The molecule has 0 radical (unpaired) electrons. The molecular formula is C13H17ClN2O2. The molecule has 0 saturated heterocycles. The first-order valence-electron chi connectivity index (χ1n) is 5.56. The molecule has 1 unspecified atom stereocenters. The Morgan fingerprint density at radius 3 is 2.83 bits per heavy atom. The van der Waals surface area contributed by atoms with Crippen molar-refractivity contribution in [1.82, 2.24) is 10.3 Å². The zero-order valence-electron chi connectivity index (χ0n) is 10.4. The Kier molecular flexibility index (Phi) is 5.19. The maximum Gasteiger partial charge on any atom is 0.323 e. The van der Waals surface area contributed by atoms with E-state index in [2.05, 4.69) is 10.3 Å². The molecule has 4 nitrogen and oxygen atoms in total. The molecule has 2 aromatic rings. The summed E-state index contributed by atoms with van der Waals surface area (Å²) in [5.74, 6) is -0.238. The number of hydrogen-bond donors (Lipinski definition) is 2. The SMILES string of the molecule is CNC(Cc1c[nH]c2ccccc12)C(=O)OC.Cl. The van der Waals surface area contributed by atoms with Crippen molar-refractivity contribution >= 4 is 29.3 Å². The molecule has 2 N–H and O–H groups in total. The van der Waals surface area contributed by atoms with Gasteiger partial charge in [0.15, 0.2) is 0 Å². The van der Waals surface area contributed by atoms with Crippen LogP contribution in [0.4, 0.5) is 0 Å². The molecule has 1 aromatic heterocycles. The average Bonchev–Trinajstić information content (AvgIpc) is 2.78. The van der Waals surface area contributed by atoms with Gasteiger partial charge in [0.2, 0.25) is 0 Å². The van der Waals surface area contributed by atoms with Crippen molar-refractivity contribution in [3.63, 3.8) is 0 Å². The van der Waals surface area contributed by atoms with E-state index >= 15 is 0 Å². The zero-order chi connectivity index (χ0) is 12.3. The first-order chi connectivity index (χ1) is 8.26. The lowest BCUT2D eigenvalue weighted by Crippen LogP contribution is -2.36. The third kappa shape index (κ3) is 2.83. The standard InChI is InChI=1S/C13H16N2O2.ClH/c1-14-12(13(16)17-2)7-9-8-15-11-6-4-3-5-10(9)11;/h3-6,8,12,14-15H,7H2,1-2H3;1H. The number of fused-ring (bicyclic) bond motifs is 1. The lowest BCUT2D eigenvalue weighted by molar-refractivity contribution is -0.142. The maximum absolute atomic E-state index is 11.5. The summed E-state index contributed by atoms with van der Waals surface area (Å²) in [6.45, 7) is 0. The number of methoxy groups -OCH3 is 1. The Bertz CT molecular complexity index is 524. The van der Waals surface area contributed by atoms with Gasteiger partial charge in [-0.25, -0.2) is 0 Å². The van der Waals surface area contributed by atoms with Crippen LogP contribution in [0.25, 0.3) is 10.9 Å². The highest BCUT2D eigenvalue weighted by Crippen LogP contribution is 2.19. The summed E-state index contributed by atoms with van der Waals surface area (Å²) in [6.07, 6.45) is 2.56. The van der Waals surface area contributed by atoms with Crippen LogP contribution >= 0.6 is 12.4 Å². The van der Waals surface area contributed by atoms with E-state index in [1.165, 1.54) is 7.11 Å². The number of carbonyl (C=O) groups is 1. The van der Waals surface area contributed by atoms with E-state index in [0.717, 1.165) is 16.5 Å². The Balaban J connectivity index is 0.00000162. The van der Waals surface area contributed by atoms with E-state index in [1.807, 2.05) is 30.5 Å². The van der Waals surface area contributed by atoms with Gasteiger partial charge in [-0.2, -0.15) is 0 Å². The number of likely N-dealkylation sites (N-methyl/N-ethyl adjacent to an activating group) is 1. The number of hydrogen-bond acceptors (Lipinski definition) is 3.